The third-order valence-electron chi connectivity index (χ3n) is 5.41. The Hall–Kier alpha value is -1.44. The smallest absolute Gasteiger partial charge is 0.0456 e. The van der Waals surface area contributed by atoms with Gasteiger partial charge in [-0.2, -0.15) is 0 Å². The molecule has 2 aliphatic carbocycles. The van der Waals surface area contributed by atoms with E-state index in [1.807, 2.05) is 7.05 Å². The second-order valence-corrected chi connectivity index (χ2v) is 6.66. The molecule has 0 amide bonds. The molecule has 0 atom stereocenters. The largest absolute Gasteiger partial charge is 0.388 e. The lowest BCUT2D eigenvalue weighted by atomic mass is 9.79. The van der Waals surface area contributed by atoms with Crippen LogP contribution in [0.1, 0.15) is 50.5 Å². The SMILES string of the molecule is CNc1cccc(N(C)C(CC2CCC2)=C2CCC2)c1C. The predicted octanol–water partition coefficient (Wildman–Crippen LogP) is 5.10. The summed E-state index contributed by atoms with van der Waals surface area (Å²) in [4.78, 5) is 2.48. The van der Waals surface area contributed by atoms with Crippen LogP contribution in [-0.4, -0.2) is 14.1 Å². The molecule has 0 heterocycles. The molecule has 1 aromatic rings. The molecule has 0 radical (unpaired) electrons. The zero-order chi connectivity index (χ0) is 14.8. The summed E-state index contributed by atoms with van der Waals surface area (Å²) in [6, 6.07) is 6.59. The molecule has 2 heteroatoms. The van der Waals surface area contributed by atoms with Gasteiger partial charge in [-0.25, -0.2) is 0 Å². The molecule has 0 aromatic heterocycles. The highest BCUT2D eigenvalue weighted by Crippen LogP contribution is 2.40. The van der Waals surface area contributed by atoms with E-state index in [9.17, 15) is 0 Å². The molecule has 0 spiro atoms. The zero-order valence-electron chi connectivity index (χ0n) is 13.7. The van der Waals surface area contributed by atoms with E-state index in [2.05, 4.69) is 42.4 Å². The van der Waals surface area contributed by atoms with Gasteiger partial charge in [0.2, 0.25) is 0 Å². The molecule has 2 fully saturated rings. The summed E-state index contributed by atoms with van der Waals surface area (Å²) in [5.41, 5.74) is 7.27. The molecule has 1 N–H and O–H groups in total. The minimum atomic E-state index is 0.934. The quantitative estimate of drug-likeness (QED) is 0.809. The Balaban J connectivity index is 1.88. The van der Waals surface area contributed by atoms with Gasteiger partial charge in [-0.1, -0.05) is 30.9 Å². The summed E-state index contributed by atoms with van der Waals surface area (Å²) in [6.07, 6.45) is 9.60. The third-order valence-corrected chi connectivity index (χ3v) is 5.41. The monoisotopic (exact) mass is 284 g/mol. The Labute approximate surface area is 129 Å². The van der Waals surface area contributed by atoms with Gasteiger partial charge in [0.1, 0.15) is 0 Å². The third kappa shape index (κ3) is 2.81. The van der Waals surface area contributed by atoms with Gasteiger partial charge >= 0.3 is 0 Å². The fourth-order valence-electron chi connectivity index (χ4n) is 3.53. The fraction of sp³-hybridized carbons (Fsp3) is 0.579. The van der Waals surface area contributed by atoms with Crippen LogP contribution in [0.2, 0.25) is 0 Å². The average Bonchev–Trinajstić information content (AvgIpc) is 2.38. The Kier molecular flexibility index (Phi) is 4.23. The van der Waals surface area contributed by atoms with Crippen LogP contribution in [0.25, 0.3) is 0 Å². The van der Waals surface area contributed by atoms with Gasteiger partial charge in [0.05, 0.1) is 0 Å². The Morgan fingerprint density at radius 2 is 2.00 bits per heavy atom. The highest BCUT2D eigenvalue weighted by Gasteiger charge is 2.25. The minimum absolute atomic E-state index is 0.934. The summed E-state index contributed by atoms with van der Waals surface area (Å²) in [7, 11) is 4.27. The van der Waals surface area contributed by atoms with Gasteiger partial charge < -0.3 is 10.2 Å². The highest BCUT2D eigenvalue weighted by atomic mass is 15.1. The van der Waals surface area contributed by atoms with E-state index in [4.69, 9.17) is 0 Å². The maximum absolute atomic E-state index is 3.31. The van der Waals surface area contributed by atoms with Crippen molar-refractivity contribution in [3.05, 3.63) is 35.0 Å². The molecule has 114 valence electrons. The summed E-state index contributed by atoms with van der Waals surface area (Å²) >= 11 is 0. The summed E-state index contributed by atoms with van der Waals surface area (Å²) in [5.74, 6) is 0.934. The summed E-state index contributed by atoms with van der Waals surface area (Å²) in [5, 5.41) is 3.31. The summed E-state index contributed by atoms with van der Waals surface area (Å²) in [6.45, 7) is 2.23. The van der Waals surface area contributed by atoms with Crippen molar-refractivity contribution in [3.63, 3.8) is 0 Å². The maximum atomic E-state index is 3.31. The van der Waals surface area contributed by atoms with Gasteiger partial charge in [0.25, 0.3) is 0 Å². The predicted molar refractivity (Wildman–Crippen MR) is 92.0 cm³/mol. The van der Waals surface area contributed by atoms with Crippen molar-refractivity contribution in [3.8, 4) is 0 Å². The number of nitrogens with zero attached hydrogens (tertiary/aromatic N) is 1. The van der Waals surface area contributed by atoms with Crippen molar-refractivity contribution in [2.24, 2.45) is 5.92 Å². The normalized spacial score (nSPS) is 18.0. The first-order valence-electron chi connectivity index (χ1n) is 8.42. The van der Waals surface area contributed by atoms with Crippen LogP contribution in [0.3, 0.4) is 0 Å². The van der Waals surface area contributed by atoms with E-state index in [0.29, 0.717) is 0 Å². The lowest BCUT2D eigenvalue weighted by Gasteiger charge is -2.35. The number of rotatable bonds is 5. The van der Waals surface area contributed by atoms with Gasteiger partial charge in [0, 0.05) is 31.2 Å². The zero-order valence-corrected chi connectivity index (χ0v) is 13.7. The van der Waals surface area contributed by atoms with Crippen LogP contribution < -0.4 is 10.2 Å². The van der Waals surface area contributed by atoms with Gasteiger partial charge in [-0.3, -0.25) is 0 Å². The Bertz CT molecular complexity index is 534. The van der Waals surface area contributed by atoms with Gasteiger partial charge in [-0.15, -0.1) is 0 Å². The highest BCUT2D eigenvalue weighted by molar-refractivity contribution is 5.68. The van der Waals surface area contributed by atoms with Crippen molar-refractivity contribution in [1.29, 1.82) is 0 Å². The standard InChI is InChI=1S/C19H28N2/c1-14-17(20-2)11-6-12-18(14)21(3)19(16-9-5-10-16)13-15-7-4-8-15/h6,11-12,15,20H,4-5,7-10,13H2,1-3H3. The molecule has 3 rings (SSSR count). The lowest BCUT2D eigenvalue weighted by molar-refractivity contribution is 0.310. The molecule has 2 aliphatic rings. The average molecular weight is 284 g/mol. The molecule has 2 nitrogen and oxygen atoms in total. The van der Waals surface area contributed by atoms with Crippen LogP contribution in [0, 0.1) is 12.8 Å². The van der Waals surface area contributed by atoms with Gasteiger partial charge in [0.15, 0.2) is 0 Å². The van der Waals surface area contributed by atoms with Crippen LogP contribution in [-0.2, 0) is 0 Å². The number of hydrogen-bond donors (Lipinski definition) is 1. The topological polar surface area (TPSA) is 15.3 Å². The molecular formula is C19H28N2. The van der Waals surface area contributed by atoms with E-state index in [-0.39, 0.29) is 0 Å². The van der Waals surface area contributed by atoms with Crippen molar-refractivity contribution in [2.75, 3.05) is 24.3 Å². The molecule has 1 aromatic carbocycles. The number of hydrogen-bond acceptors (Lipinski definition) is 2. The molecule has 2 saturated carbocycles. The molecule has 0 bridgehead atoms. The van der Waals surface area contributed by atoms with Gasteiger partial charge in [-0.05, 0) is 56.2 Å². The van der Waals surface area contributed by atoms with E-state index in [0.717, 1.165) is 5.92 Å². The van der Waals surface area contributed by atoms with Crippen molar-refractivity contribution < 1.29 is 0 Å². The Morgan fingerprint density at radius 3 is 2.52 bits per heavy atom. The lowest BCUT2D eigenvalue weighted by Crippen LogP contribution is -2.25. The second-order valence-electron chi connectivity index (χ2n) is 6.66. The molecule has 0 unspecified atom stereocenters. The number of benzene rings is 1. The van der Waals surface area contributed by atoms with Crippen LogP contribution >= 0.6 is 0 Å². The van der Waals surface area contributed by atoms with E-state index < -0.39 is 0 Å². The van der Waals surface area contributed by atoms with Crippen LogP contribution in [0.4, 0.5) is 11.4 Å². The second kappa shape index (κ2) is 6.13. The first-order chi connectivity index (χ1) is 10.2. The maximum Gasteiger partial charge on any atom is 0.0456 e. The fourth-order valence-corrected chi connectivity index (χ4v) is 3.53. The number of allylic oxidation sites excluding steroid dienone is 2. The molecule has 0 saturated heterocycles. The minimum Gasteiger partial charge on any atom is -0.388 e. The first kappa shape index (κ1) is 14.5. The van der Waals surface area contributed by atoms with E-state index in [1.165, 1.54) is 61.9 Å². The van der Waals surface area contributed by atoms with Crippen molar-refractivity contribution in [2.45, 2.75) is 51.9 Å². The van der Waals surface area contributed by atoms with Crippen LogP contribution in [0.15, 0.2) is 29.5 Å². The van der Waals surface area contributed by atoms with E-state index >= 15 is 0 Å². The number of nitrogens with one attached hydrogen (secondary N) is 1. The summed E-state index contributed by atoms with van der Waals surface area (Å²) < 4.78 is 0. The molecular weight excluding hydrogens is 256 g/mol. The molecule has 21 heavy (non-hydrogen) atoms. The number of anilines is 2. The van der Waals surface area contributed by atoms with Crippen LogP contribution in [0.5, 0.6) is 0 Å². The first-order valence-corrected chi connectivity index (χ1v) is 8.42. The van der Waals surface area contributed by atoms with Crippen molar-refractivity contribution >= 4 is 11.4 Å². The Morgan fingerprint density at radius 1 is 1.24 bits per heavy atom. The molecule has 0 aliphatic heterocycles. The van der Waals surface area contributed by atoms with Crippen molar-refractivity contribution in [1.82, 2.24) is 0 Å². The van der Waals surface area contributed by atoms with E-state index in [1.54, 1.807) is 11.3 Å².